The van der Waals surface area contributed by atoms with Crippen molar-refractivity contribution in [3.63, 3.8) is 0 Å². The zero-order valence-electron chi connectivity index (χ0n) is 12.5. The summed E-state index contributed by atoms with van der Waals surface area (Å²) in [5, 5.41) is 20.1. The van der Waals surface area contributed by atoms with Crippen LogP contribution >= 0.6 is 0 Å². The van der Waals surface area contributed by atoms with Crippen LogP contribution in [0.2, 0.25) is 0 Å². The predicted molar refractivity (Wildman–Crippen MR) is 81.3 cm³/mol. The van der Waals surface area contributed by atoms with Gasteiger partial charge in [-0.2, -0.15) is 10.5 Å². The second-order valence-electron chi connectivity index (χ2n) is 5.03. The van der Waals surface area contributed by atoms with E-state index in [9.17, 15) is 4.79 Å². The van der Waals surface area contributed by atoms with Crippen LogP contribution in [0.5, 0.6) is 0 Å². The van der Waals surface area contributed by atoms with Crippen LogP contribution in [0.3, 0.4) is 0 Å². The van der Waals surface area contributed by atoms with E-state index in [1.165, 1.54) is 0 Å². The van der Waals surface area contributed by atoms with Crippen LogP contribution < -0.4 is 5.32 Å². The molecule has 0 saturated carbocycles. The number of nitrogens with one attached hydrogen (secondary N) is 1. The van der Waals surface area contributed by atoms with Gasteiger partial charge in [-0.05, 0) is 38.1 Å². The summed E-state index contributed by atoms with van der Waals surface area (Å²) in [6.07, 6.45) is 0.846. The number of carbonyl (C=O) groups is 1. The molecule has 1 aromatic rings. The molecule has 110 valence electrons. The topological polar surface area (TPSA) is 79.9 Å². The molecule has 1 amide bonds. The number of rotatable bonds is 7. The van der Waals surface area contributed by atoms with Gasteiger partial charge in [0, 0.05) is 37.7 Å². The monoisotopic (exact) mass is 284 g/mol. The highest BCUT2D eigenvalue weighted by Crippen LogP contribution is 2.09. The molecule has 0 spiro atoms. The number of hydrogen-bond acceptors (Lipinski definition) is 4. The van der Waals surface area contributed by atoms with Crippen molar-refractivity contribution in [2.45, 2.75) is 32.7 Å². The van der Waals surface area contributed by atoms with Crippen LogP contribution in [-0.4, -0.2) is 29.9 Å². The van der Waals surface area contributed by atoms with Crippen molar-refractivity contribution in [2.75, 3.05) is 18.4 Å². The summed E-state index contributed by atoms with van der Waals surface area (Å²) in [5.74, 6) is -0.0673. The number of nitrogens with zero attached hydrogens (tertiary/aromatic N) is 3. The van der Waals surface area contributed by atoms with Gasteiger partial charge >= 0.3 is 0 Å². The second kappa shape index (κ2) is 8.73. The number of benzene rings is 1. The molecule has 0 unspecified atom stereocenters. The van der Waals surface area contributed by atoms with Crippen molar-refractivity contribution in [1.82, 2.24) is 4.90 Å². The highest BCUT2D eigenvalue weighted by molar-refractivity contribution is 5.90. The van der Waals surface area contributed by atoms with E-state index in [2.05, 4.69) is 30.1 Å². The minimum absolute atomic E-state index is 0.0673. The maximum atomic E-state index is 11.9. The van der Waals surface area contributed by atoms with Gasteiger partial charge < -0.3 is 5.32 Å². The smallest absolute Gasteiger partial charge is 0.225 e. The van der Waals surface area contributed by atoms with Crippen LogP contribution in [0.15, 0.2) is 24.3 Å². The molecule has 1 aromatic carbocycles. The molecule has 0 aliphatic carbocycles. The van der Waals surface area contributed by atoms with Crippen molar-refractivity contribution in [3.8, 4) is 12.1 Å². The first kappa shape index (κ1) is 16.7. The molecule has 0 aliphatic rings. The van der Waals surface area contributed by atoms with Gasteiger partial charge in [-0.1, -0.05) is 0 Å². The fourth-order valence-electron chi connectivity index (χ4n) is 1.92. The van der Waals surface area contributed by atoms with E-state index in [1.54, 1.807) is 24.3 Å². The Morgan fingerprint density at radius 1 is 1.24 bits per heavy atom. The van der Waals surface area contributed by atoms with Crippen LogP contribution in [-0.2, 0) is 4.79 Å². The third kappa shape index (κ3) is 6.07. The number of carbonyl (C=O) groups excluding carboxylic acids is 1. The standard InChI is InChI=1S/C16H20N4O/c1-13(2)20(10-3-9-17)11-8-16(21)19-15-6-4-14(12-18)5-7-15/h4-7,13H,3,8,10-11H2,1-2H3,(H,19,21). The maximum Gasteiger partial charge on any atom is 0.225 e. The summed E-state index contributed by atoms with van der Waals surface area (Å²) in [6.45, 7) is 5.41. The third-order valence-electron chi connectivity index (χ3n) is 3.16. The average Bonchev–Trinajstić information content (AvgIpc) is 2.47. The minimum atomic E-state index is -0.0673. The normalized spacial score (nSPS) is 10.2. The molecule has 0 heterocycles. The van der Waals surface area contributed by atoms with Crippen molar-refractivity contribution < 1.29 is 4.79 Å². The fraction of sp³-hybridized carbons (Fsp3) is 0.438. The molecular weight excluding hydrogens is 264 g/mol. The van der Waals surface area contributed by atoms with Gasteiger partial charge in [-0.15, -0.1) is 0 Å². The molecule has 0 fully saturated rings. The average molecular weight is 284 g/mol. The summed E-state index contributed by atoms with van der Waals surface area (Å²) in [5.41, 5.74) is 1.25. The number of amides is 1. The van der Waals surface area contributed by atoms with Crippen molar-refractivity contribution in [3.05, 3.63) is 29.8 Å². The van der Waals surface area contributed by atoms with Crippen molar-refractivity contribution in [1.29, 1.82) is 10.5 Å². The molecule has 0 atom stereocenters. The molecular formula is C16H20N4O. The van der Waals surface area contributed by atoms with Crippen LogP contribution in [0.1, 0.15) is 32.3 Å². The van der Waals surface area contributed by atoms with Crippen LogP contribution in [0.4, 0.5) is 5.69 Å². The molecule has 0 aliphatic heterocycles. The minimum Gasteiger partial charge on any atom is -0.326 e. The predicted octanol–water partition coefficient (Wildman–Crippen LogP) is 2.51. The SMILES string of the molecule is CC(C)N(CCC#N)CCC(=O)Nc1ccc(C#N)cc1. The number of nitriles is 2. The lowest BCUT2D eigenvalue weighted by Gasteiger charge is -2.25. The lowest BCUT2D eigenvalue weighted by atomic mass is 10.2. The van der Waals surface area contributed by atoms with Gasteiger partial charge in [0.15, 0.2) is 0 Å². The molecule has 1 rings (SSSR count). The van der Waals surface area contributed by atoms with Gasteiger partial charge in [0.1, 0.15) is 0 Å². The van der Waals surface area contributed by atoms with E-state index in [0.29, 0.717) is 43.2 Å². The Bertz CT molecular complexity index is 537. The first-order chi connectivity index (χ1) is 10.1. The molecule has 1 N–H and O–H groups in total. The van der Waals surface area contributed by atoms with E-state index < -0.39 is 0 Å². The summed E-state index contributed by atoms with van der Waals surface area (Å²) >= 11 is 0. The van der Waals surface area contributed by atoms with Gasteiger partial charge in [0.2, 0.25) is 5.91 Å². The van der Waals surface area contributed by atoms with Gasteiger partial charge in [0.25, 0.3) is 0 Å². The van der Waals surface area contributed by atoms with Gasteiger partial charge in [-0.3, -0.25) is 9.69 Å². The summed E-state index contributed by atoms with van der Waals surface area (Å²) < 4.78 is 0. The highest BCUT2D eigenvalue weighted by atomic mass is 16.1. The van der Waals surface area contributed by atoms with Crippen LogP contribution in [0.25, 0.3) is 0 Å². The Labute approximate surface area is 125 Å². The zero-order chi connectivity index (χ0) is 15.7. The number of hydrogen-bond donors (Lipinski definition) is 1. The largest absolute Gasteiger partial charge is 0.326 e. The molecule has 21 heavy (non-hydrogen) atoms. The van der Waals surface area contributed by atoms with E-state index in [4.69, 9.17) is 10.5 Å². The summed E-state index contributed by atoms with van der Waals surface area (Å²) in [7, 11) is 0. The fourth-order valence-corrected chi connectivity index (χ4v) is 1.92. The lowest BCUT2D eigenvalue weighted by molar-refractivity contribution is -0.116. The first-order valence-electron chi connectivity index (χ1n) is 6.98. The third-order valence-corrected chi connectivity index (χ3v) is 3.16. The summed E-state index contributed by atoms with van der Waals surface area (Å²) in [6, 6.07) is 11.2. The molecule has 0 bridgehead atoms. The zero-order valence-corrected chi connectivity index (χ0v) is 12.5. The van der Waals surface area contributed by atoms with Crippen LogP contribution in [0, 0.1) is 22.7 Å². The van der Waals surface area contributed by atoms with E-state index in [0.717, 1.165) is 0 Å². The molecule has 5 nitrogen and oxygen atoms in total. The van der Waals surface area contributed by atoms with E-state index in [-0.39, 0.29) is 5.91 Å². The summed E-state index contributed by atoms with van der Waals surface area (Å²) in [4.78, 5) is 14.0. The Kier molecular flexibility index (Phi) is 6.94. The van der Waals surface area contributed by atoms with Gasteiger partial charge in [-0.25, -0.2) is 0 Å². The maximum absolute atomic E-state index is 11.9. The highest BCUT2D eigenvalue weighted by Gasteiger charge is 2.11. The second-order valence-corrected chi connectivity index (χ2v) is 5.03. The number of anilines is 1. The first-order valence-corrected chi connectivity index (χ1v) is 6.98. The van der Waals surface area contributed by atoms with E-state index >= 15 is 0 Å². The lowest BCUT2D eigenvalue weighted by Crippen LogP contribution is -2.34. The molecule has 0 radical (unpaired) electrons. The Morgan fingerprint density at radius 2 is 1.90 bits per heavy atom. The Hall–Kier alpha value is -2.37. The Balaban J connectivity index is 2.45. The molecule has 0 aromatic heterocycles. The van der Waals surface area contributed by atoms with Crippen molar-refractivity contribution in [2.24, 2.45) is 0 Å². The molecule has 0 saturated heterocycles. The van der Waals surface area contributed by atoms with Crippen molar-refractivity contribution >= 4 is 11.6 Å². The quantitative estimate of drug-likeness (QED) is 0.834. The van der Waals surface area contributed by atoms with E-state index in [1.807, 2.05) is 6.07 Å². The Morgan fingerprint density at radius 3 is 2.43 bits per heavy atom. The molecule has 5 heteroatoms. The van der Waals surface area contributed by atoms with Gasteiger partial charge in [0.05, 0.1) is 17.7 Å².